The lowest BCUT2D eigenvalue weighted by Gasteiger charge is -2.10. The van der Waals surface area contributed by atoms with E-state index in [0.717, 1.165) is 11.1 Å². The van der Waals surface area contributed by atoms with E-state index in [1.165, 1.54) is 6.07 Å². The summed E-state index contributed by atoms with van der Waals surface area (Å²) in [6.07, 6.45) is 3.33. The molecule has 1 amide bonds. The SMILES string of the molecule is Cc1ccc(-c2ccc(=O)[nH]n2)cc1NC(=O)c1cc[nH]c1. The Balaban J connectivity index is 1.91. The van der Waals surface area contributed by atoms with Gasteiger partial charge in [-0.05, 0) is 30.7 Å². The van der Waals surface area contributed by atoms with Gasteiger partial charge >= 0.3 is 0 Å². The summed E-state index contributed by atoms with van der Waals surface area (Å²) in [7, 11) is 0. The minimum Gasteiger partial charge on any atom is -0.367 e. The van der Waals surface area contributed by atoms with Gasteiger partial charge in [-0.3, -0.25) is 9.59 Å². The van der Waals surface area contributed by atoms with E-state index < -0.39 is 0 Å². The molecule has 22 heavy (non-hydrogen) atoms. The number of nitrogens with one attached hydrogen (secondary N) is 3. The molecule has 0 saturated carbocycles. The average Bonchev–Trinajstić information content (AvgIpc) is 3.05. The Kier molecular flexibility index (Phi) is 3.57. The highest BCUT2D eigenvalue weighted by molar-refractivity contribution is 6.04. The predicted molar refractivity (Wildman–Crippen MR) is 83.8 cm³/mol. The summed E-state index contributed by atoms with van der Waals surface area (Å²) in [5.41, 5.74) is 3.40. The van der Waals surface area contributed by atoms with Gasteiger partial charge in [-0.15, -0.1) is 0 Å². The van der Waals surface area contributed by atoms with Crippen molar-refractivity contribution in [3.63, 3.8) is 0 Å². The van der Waals surface area contributed by atoms with Crippen LogP contribution in [0, 0.1) is 6.92 Å². The van der Waals surface area contributed by atoms with Crippen molar-refractivity contribution < 1.29 is 4.79 Å². The number of hydrogen-bond donors (Lipinski definition) is 3. The molecule has 0 fully saturated rings. The van der Waals surface area contributed by atoms with E-state index in [4.69, 9.17) is 0 Å². The van der Waals surface area contributed by atoms with Crippen LogP contribution in [0.1, 0.15) is 15.9 Å². The third-order valence-corrected chi connectivity index (χ3v) is 3.32. The van der Waals surface area contributed by atoms with Crippen molar-refractivity contribution in [2.45, 2.75) is 6.92 Å². The highest BCUT2D eigenvalue weighted by Crippen LogP contribution is 2.23. The van der Waals surface area contributed by atoms with Gasteiger partial charge < -0.3 is 10.3 Å². The molecule has 3 rings (SSSR count). The van der Waals surface area contributed by atoms with Crippen molar-refractivity contribution >= 4 is 11.6 Å². The fourth-order valence-electron chi connectivity index (χ4n) is 2.08. The zero-order valence-corrected chi connectivity index (χ0v) is 11.9. The predicted octanol–water partition coefficient (Wildman–Crippen LogP) is 2.33. The van der Waals surface area contributed by atoms with Crippen LogP contribution in [0.15, 0.2) is 53.6 Å². The monoisotopic (exact) mass is 294 g/mol. The Morgan fingerprint density at radius 2 is 2.05 bits per heavy atom. The van der Waals surface area contributed by atoms with E-state index in [-0.39, 0.29) is 11.5 Å². The van der Waals surface area contributed by atoms with Gasteiger partial charge in [0.25, 0.3) is 11.5 Å². The lowest BCUT2D eigenvalue weighted by atomic mass is 10.1. The van der Waals surface area contributed by atoms with E-state index in [1.807, 2.05) is 25.1 Å². The number of aromatic amines is 2. The molecule has 0 aliphatic rings. The lowest BCUT2D eigenvalue weighted by Crippen LogP contribution is -2.12. The summed E-state index contributed by atoms with van der Waals surface area (Å²) < 4.78 is 0. The molecule has 3 aromatic rings. The smallest absolute Gasteiger partial charge is 0.264 e. The number of amides is 1. The van der Waals surface area contributed by atoms with Crippen LogP contribution >= 0.6 is 0 Å². The molecule has 0 aliphatic heterocycles. The second-order valence-corrected chi connectivity index (χ2v) is 4.89. The van der Waals surface area contributed by atoms with E-state index in [0.29, 0.717) is 16.9 Å². The van der Waals surface area contributed by atoms with E-state index in [1.54, 1.807) is 24.5 Å². The molecule has 110 valence electrons. The Hall–Kier alpha value is -3.15. The summed E-state index contributed by atoms with van der Waals surface area (Å²) in [6.45, 7) is 1.91. The molecule has 0 aliphatic carbocycles. The molecule has 6 heteroatoms. The van der Waals surface area contributed by atoms with E-state index >= 15 is 0 Å². The Bertz CT molecular complexity index is 846. The number of benzene rings is 1. The first-order valence-corrected chi connectivity index (χ1v) is 6.74. The first-order valence-electron chi connectivity index (χ1n) is 6.74. The average molecular weight is 294 g/mol. The van der Waals surface area contributed by atoms with Gasteiger partial charge in [-0.2, -0.15) is 5.10 Å². The van der Waals surface area contributed by atoms with Crippen LogP contribution in [0.25, 0.3) is 11.3 Å². The molecule has 1 aromatic carbocycles. The van der Waals surface area contributed by atoms with Crippen molar-refractivity contribution in [1.29, 1.82) is 0 Å². The quantitative estimate of drug-likeness (QED) is 0.692. The maximum absolute atomic E-state index is 12.1. The molecular formula is C16H14N4O2. The summed E-state index contributed by atoms with van der Waals surface area (Å²) in [6, 6.07) is 10.4. The Labute approximate surface area is 126 Å². The number of anilines is 1. The number of rotatable bonds is 3. The molecule has 6 nitrogen and oxygen atoms in total. The molecule has 3 N–H and O–H groups in total. The first-order chi connectivity index (χ1) is 10.6. The Morgan fingerprint density at radius 3 is 2.73 bits per heavy atom. The highest BCUT2D eigenvalue weighted by atomic mass is 16.1. The molecule has 0 unspecified atom stereocenters. The molecule has 0 saturated heterocycles. The number of carbonyl (C=O) groups is 1. The summed E-state index contributed by atoms with van der Waals surface area (Å²) in [5.74, 6) is -0.184. The molecule has 0 atom stereocenters. The molecule has 0 spiro atoms. The Morgan fingerprint density at radius 1 is 1.18 bits per heavy atom. The van der Waals surface area contributed by atoms with Gasteiger partial charge in [-0.1, -0.05) is 12.1 Å². The maximum atomic E-state index is 12.1. The molecular weight excluding hydrogens is 280 g/mol. The van der Waals surface area contributed by atoms with Crippen LogP contribution in [0.2, 0.25) is 0 Å². The molecule has 0 radical (unpaired) electrons. The number of aryl methyl sites for hydroxylation is 1. The number of H-pyrrole nitrogens is 2. The molecule has 2 heterocycles. The van der Waals surface area contributed by atoms with Crippen molar-refractivity contribution in [2.75, 3.05) is 5.32 Å². The van der Waals surface area contributed by atoms with Crippen LogP contribution in [0.5, 0.6) is 0 Å². The summed E-state index contributed by atoms with van der Waals surface area (Å²) >= 11 is 0. The summed E-state index contributed by atoms with van der Waals surface area (Å²) in [5, 5.41) is 9.27. The van der Waals surface area contributed by atoms with E-state index in [9.17, 15) is 9.59 Å². The third-order valence-electron chi connectivity index (χ3n) is 3.32. The normalized spacial score (nSPS) is 10.4. The third kappa shape index (κ3) is 2.80. The number of carbonyl (C=O) groups excluding carboxylic acids is 1. The molecule has 0 bridgehead atoms. The van der Waals surface area contributed by atoms with Gasteiger partial charge in [-0.25, -0.2) is 5.10 Å². The number of aromatic nitrogens is 3. The van der Waals surface area contributed by atoms with Crippen LogP contribution in [0.4, 0.5) is 5.69 Å². The minimum absolute atomic E-state index is 0.184. The van der Waals surface area contributed by atoms with Crippen LogP contribution in [0.3, 0.4) is 0 Å². The zero-order valence-electron chi connectivity index (χ0n) is 11.9. The fourth-order valence-corrected chi connectivity index (χ4v) is 2.08. The number of hydrogen-bond acceptors (Lipinski definition) is 3. The topological polar surface area (TPSA) is 90.6 Å². The van der Waals surface area contributed by atoms with Gasteiger partial charge in [0.15, 0.2) is 0 Å². The fraction of sp³-hybridized carbons (Fsp3) is 0.0625. The van der Waals surface area contributed by atoms with Gasteiger partial charge in [0.2, 0.25) is 0 Å². The number of nitrogens with zero attached hydrogens (tertiary/aromatic N) is 1. The van der Waals surface area contributed by atoms with Crippen molar-refractivity contribution in [3.05, 3.63) is 70.3 Å². The minimum atomic E-state index is -0.253. The second kappa shape index (κ2) is 5.69. The lowest BCUT2D eigenvalue weighted by molar-refractivity contribution is 0.102. The van der Waals surface area contributed by atoms with Crippen molar-refractivity contribution in [2.24, 2.45) is 0 Å². The van der Waals surface area contributed by atoms with Crippen LogP contribution in [-0.2, 0) is 0 Å². The first kappa shape index (κ1) is 13.8. The van der Waals surface area contributed by atoms with Gasteiger partial charge in [0.1, 0.15) is 0 Å². The standard InChI is InChI=1S/C16H14N4O2/c1-10-2-3-11(13-4-5-15(21)20-19-13)8-14(10)18-16(22)12-6-7-17-9-12/h2-9,17H,1H3,(H,18,22)(H,20,21). The van der Waals surface area contributed by atoms with Crippen LogP contribution in [-0.4, -0.2) is 21.1 Å². The largest absolute Gasteiger partial charge is 0.367 e. The van der Waals surface area contributed by atoms with Crippen molar-refractivity contribution in [3.8, 4) is 11.3 Å². The molecule has 2 aromatic heterocycles. The van der Waals surface area contributed by atoms with Crippen molar-refractivity contribution in [1.82, 2.24) is 15.2 Å². The summed E-state index contributed by atoms with van der Waals surface area (Å²) in [4.78, 5) is 26.0. The highest BCUT2D eigenvalue weighted by Gasteiger charge is 2.09. The van der Waals surface area contributed by atoms with Gasteiger partial charge in [0.05, 0.1) is 11.3 Å². The second-order valence-electron chi connectivity index (χ2n) is 4.89. The van der Waals surface area contributed by atoms with Gasteiger partial charge in [0, 0.05) is 29.7 Å². The van der Waals surface area contributed by atoms with Crippen LogP contribution < -0.4 is 10.9 Å². The zero-order chi connectivity index (χ0) is 15.5. The van der Waals surface area contributed by atoms with E-state index in [2.05, 4.69) is 20.5 Å². The maximum Gasteiger partial charge on any atom is 0.264 e.